The molecular weight excluding hydrogens is 362 g/mol. The molecule has 0 bridgehead atoms. The molecule has 1 aliphatic rings. The molecule has 0 saturated carbocycles. The minimum atomic E-state index is -0.191. The second-order valence-electron chi connectivity index (χ2n) is 6.82. The minimum absolute atomic E-state index is 0.00803. The van der Waals surface area contributed by atoms with Crippen molar-refractivity contribution in [3.05, 3.63) is 42.0 Å². The molecule has 0 saturated heterocycles. The first-order chi connectivity index (χ1) is 13.0. The van der Waals surface area contributed by atoms with Gasteiger partial charge in [0.15, 0.2) is 11.5 Å². The number of nitrogens with two attached hydrogens (primary N) is 1. The lowest BCUT2D eigenvalue weighted by Crippen LogP contribution is -2.35. The van der Waals surface area contributed by atoms with Crippen molar-refractivity contribution < 1.29 is 14.6 Å². The van der Waals surface area contributed by atoms with Crippen LogP contribution in [0, 0.1) is 0 Å². The van der Waals surface area contributed by atoms with Crippen molar-refractivity contribution in [2.24, 2.45) is 5.73 Å². The largest absolute Gasteiger partial charge is 0.504 e. The van der Waals surface area contributed by atoms with E-state index in [0.717, 1.165) is 26.4 Å². The molecule has 2 aromatic carbocycles. The van der Waals surface area contributed by atoms with Crippen LogP contribution in [0.5, 0.6) is 11.5 Å². The number of ether oxygens (including phenoxy) is 1. The molecule has 1 aromatic heterocycles. The third kappa shape index (κ3) is 3.61. The Morgan fingerprint density at radius 2 is 2.22 bits per heavy atom. The third-order valence-corrected chi connectivity index (χ3v) is 5.59. The van der Waals surface area contributed by atoms with Gasteiger partial charge in [0.05, 0.1) is 16.8 Å². The van der Waals surface area contributed by atoms with Crippen LogP contribution in [0.1, 0.15) is 18.9 Å². The predicted octanol–water partition coefficient (Wildman–Crippen LogP) is 3.13. The maximum absolute atomic E-state index is 12.4. The molecule has 2 heterocycles. The Bertz CT molecular complexity index is 966. The molecule has 1 amide bonds. The number of aromatic nitrogens is 1. The highest BCUT2D eigenvalue weighted by atomic mass is 32.1. The number of phenols is 1. The van der Waals surface area contributed by atoms with Gasteiger partial charge in [-0.05, 0) is 31.2 Å². The molecule has 1 unspecified atom stereocenters. The highest BCUT2D eigenvalue weighted by Gasteiger charge is 2.24. The van der Waals surface area contributed by atoms with E-state index >= 15 is 0 Å². The summed E-state index contributed by atoms with van der Waals surface area (Å²) in [7, 11) is 0. The second kappa shape index (κ2) is 7.17. The first-order valence-corrected chi connectivity index (χ1v) is 9.71. The van der Waals surface area contributed by atoms with Gasteiger partial charge in [-0.3, -0.25) is 4.79 Å². The van der Waals surface area contributed by atoms with Crippen molar-refractivity contribution in [2.45, 2.75) is 25.9 Å². The van der Waals surface area contributed by atoms with Gasteiger partial charge in [-0.1, -0.05) is 12.1 Å². The first kappa shape index (κ1) is 17.8. The van der Waals surface area contributed by atoms with E-state index in [2.05, 4.69) is 4.98 Å². The average molecular weight is 383 g/mol. The molecule has 4 rings (SSSR count). The van der Waals surface area contributed by atoms with E-state index in [4.69, 9.17) is 10.5 Å². The standard InChI is InChI=1S/C20H21N3O3S/c1-12(21)8-18(25)23-6-7-26-19-14(11-23)9-13(10-16(19)24)20-22-15-4-2-3-5-17(15)27-20/h2-5,9-10,12,24H,6-8,11,21H2,1H3. The van der Waals surface area contributed by atoms with Crippen molar-refractivity contribution in [3.8, 4) is 22.1 Å². The van der Waals surface area contributed by atoms with Crippen molar-refractivity contribution in [1.82, 2.24) is 9.88 Å². The van der Waals surface area contributed by atoms with Crippen LogP contribution in [-0.4, -0.2) is 40.1 Å². The van der Waals surface area contributed by atoms with E-state index in [0.29, 0.717) is 31.9 Å². The average Bonchev–Trinajstić information content (AvgIpc) is 2.93. The summed E-state index contributed by atoms with van der Waals surface area (Å²) in [4.78, 5) is 18.8. The predicted molar refractivity (Wildman–Crippen MR) is 106 cm³/mol. The quantitative estimate of drug-likeness (QED) is 0.725. The fourth-order valence-electron chi connectivity index (χ4n) is 3.24. The Morgan fingerprint density at radius 1 is 1.41 bits per heavy atom. The zero-order valence-electron chi connectivity index (χ0n) is 15.0. The first-order valence-electron chi connectivity index (χ1n) is 8.89. The molecule has 3 N–H and O–H groups in total. The smallest absolute Gasteiger partial charge is 0.224 e. The van der Waals surface area contributed by atoms with Crippen LogP contribution >= 0.6 is 11.3 Å². The number of hydrogen-bond acceptors (Lipinski definition) is 6. The second-order valence-corrected chi connectivity index (χ2v) is 7.85. The summed E-state index contributed by atoms with van der Waals surface area (Å²) in [6, 6.07) is 11.4. The van der Waals surface area contributed by atoms with Gasteiger partial charge in [0.25, 0.3) is 0 Å². The van der Waals surface area contributed by atoms with Gasteiger partial charge in [0, 0.05) is 30.1 Å². The summed E-state index contributed by atoms with van der Waals surface area (Å²) in [6.07, 6.45) is 0.291. The van der Waals surface area contributed by atoms with Crippen molar-refractivity contribution in [1.29, 1.82) is 0 Å². The number of rotatable bonds is 3. The molecule has 1 aliphatic heterocycles. The number of amides is 1. The maximum Gasteiger partial charge on any atom is 0.224 e. The zero-order chi connectivity index (χ0) is 19.0. The summed E-state index contributed by atoms with van der Waals surface area (Å²) in [5.74, 6) is 0.505. The van der Waals surface area contributed by atoms with Gasteiger partial charge in [0.2, 0.25) is 5.91 Å². The Morgan fingerprint density at radius 3 is 3.00 bits per heavy atom. The SMILES string of the molecule is CC(N)CC(=O)N1CCOc2c(O)cc(-c3nc4ccccc4s3)cc2C1. The molecule has 1 atom stereocenters. The molecule has 6 nitrogen and oxygen atoms in total. The number of hydrogen-bond donors (Lipinski definition) is 2. The highest BCUT2D eigenvalue weighted by molar-refractivity contribution is 7.21. The van der Waals surface area contributed by atoms with Crippen molar-refractivity contribution in [3.63, 3.8) is 0 Å². The van der Waals surface area contributed by atoms with Crippen LogP contribution in [0.3, 0.4) is 0 Å². The lowest BCUT2D eigenvalue weighted by atomic mass is 10.1. The fourth-order valence-corrected chi connectivity index (χ4v) is 4.19. The van der Waals surface area contributed by atoms with Crippen molar-refractivity contribution in [2.75, 3.05) is 13.2 Å². The van der Waals surface area contributed by atoms with Crippen LogP contribution in [0.4, 0.5) is 0 Å². The van der Waals surface area contributed by atoms with Crippen molar-refractivity contribution >= 4 is 27.5 Å². The molecule has 0 radical (unpaired) electrons. The van der Waals surface area contributed by atoms with Crippen LogP contribution in [0.25, 0.3) is 20.8 Å². The molecule has 0 aliphatic carbocycles. The Balaban J connectivity index is 1.70. The molecule has 140 valence electrons. The molecule has 7 heteroatoms. The van der Waals surface area contributed by atoms with Gasteiger partial charge in [-0.2, -0.15) is 0 Å². The fraction of sp³-hybridized carbons (Fsp3) is 0.300. The molecule has 0 spiro atoms. The van der Waals surface area contributed by atoms with Gasteiger partial charge in [-0.15, -0.1) is 11.3 Å². The lowest BCUT2D eigenvalue weighted by Gasteiger charge is -2.21. The van der Waals surface area contributed by atoms with Gasteiger partial charge >= 0.3 is 0 Å². The Kier molecular flexibility index (Phi) is 4.72. The summed E-state index contributed by atoms with van der Waals surface area (Å²) >= 11 is 1.57. The van der Waals surface area contributed by atoms with E-state index in [1.54, 1.807) is 22.3 Å². The molecular formula is C20H21N3O3S. The van der Waals surface area contributed by atoms with Crippen LogP contribution in [0.2, 0.25) is 0 Å². The summed E-state index contributed by atoms with van der Waals surface area (Å²) in [5, 5.41) is 11.3. The number of para-hydroxylation sites is 1. The molecule has 27 heavy (non-hydrogen) atoms. The number of carbonyl (C=O) groups excluding carboxylic acids is 1. The molecule has 3 aromatic rings. The number of nitrogens with zero attached hydrogens (tertiary/aromatic N) is 2. The Labute approximate surface area is 161 Å². The minimum Gasteiger partial charge on any atom is -0.504 e. The zero-order valence-corrected chi connectivity index (χ0v) is 15.8. The number of fused-ring (bicyclic) bond motifs is 2. The van der Waals surface area contributed by atoms with E-state index in [-0.39, 0.29) is 17.7 Å². The topological polar surface area (TPSA) is 88.7 Å². The Hall–Kier alpha value is -2.64. The van der Waals surface area contributed by atoms with E-state index < -0.39 is 0 Å². The van der Waals surface area contributed by atoms with Crippen LogP contribution in [-0.2, 0) is 11.3 Å². The van der Waals surface area contributed by atoms with Gasteiger partial charge in [-0.25, -0.2) is 4.98 Å². The van der Waals surface area contributed by atoms with E-state index in [9.17, 15) is 9.90 Å². The number of thiazole rings is 1. The van der Waals surface area contributed by atoms with E-state index in [1.807, 2.05) is 37.3 Å². The number of phenolic OH excluding ortho intramolecular Hbond substituents is 1. The lowest BCUT2D eigenvalue weighted by molar-refractivity contribution is -0.132. The van der Waals surface area contributed by atoms with Crippen LogP contribution < -0.4 is 10.5 Å². The number of aromatic hydroxyl groups is 1. The van der Waals surface area contributed by atoms with Crippen LogP contribution in [0.15, 0.2) is 36.4 Å². The third-order valence-electron chi connectivity index (χ3n) is 4.51. The van der Waals surface area contributed by atoms with E-state index in [1.165, 1.54) is 0 Å². The molecule has 0 fully saturated rings. The summed E-state index contributed by atoms with van der Waals surface area (Å²) < 4.78 is 6.81. The summed E-state index contributed by atoms with van der Waals surface area (Å²) in [6.45, 7) is 3.01. The van der Waals surface area contributed by atoms with Gasteiger partial charge in [0.1, 0.15) is 11.6 Å². The number of benzene rings is 2. The highest BCUT2D eigenvalue weighted by Crippen LogP contribution is 2.39. The summed E-state index contributed by atoms with van der Waals surface area (Å²) in [5.41, 5.74) is 8.29. The maximum atomic E-state index is 12.4. The number of carbonyl (C=O) groups is 1. The normalized spacial score (nSPS) is 15.1. The monoisotopic (exact) mass is 383 g/mol. The van der Waals surface area contributed by atoms with Gasteiger partial charge < -0.3 is 20.5 Å².